The Labute approximate surface area is 78.9 Å². The quantitative estimate of drug-likeness (QED) is 0.575. The lowest BCUT2D eigenvalue weighted by Crippen LogP contribution is -2.34. The number of nitriles is 1. The van der Waals surface area contributed by atoms with E-state index in [0.29, 0.717) is 0 Å². The largest absolute Gasteiger partial charge is 0.389 e. The van der Waals surface area contributed by atoms with Crippen LogP contribution in [0, 0.1) is 22.7 Å². The minimum atomic E-state index is -0.280. The Morgan fingerprint density at radius 2 is 2.46 bits per heavy atom. The maximum Gasteiger partial charge on any atom is 0.0755 e. The molecular formula is C11H15NO. The molecule has 0 saturated heterocycles. The second-order valence-corrected chi connectivity index (χ2v) is 4.40. The average molecular weight is 177 g/mol. The van der Waals surface area contributed by atoms with Gasteiger partial charge in [-0.1, -0.05) is 13.0 Å². The van der Waals surface area contributed by atoms with Crippen LogP contribution in [0.2, 0.25) is 0 Å². The Hall–Kier alpha value is -0.810. The van der Waals surface area contributed by atoms with E-state index in [4.69, 9.17) is 5.26 Å². The highest BCUT2D eigenvalue weighted by molar-refractivity contribution is 5.30. The maximum atomic E-state index is 9.78. The standard InChI is InChI=1S/C11H15NO/c1-11-6-2-3-10(13)9(11)5-4-8(11)7-12/h5,8,10,13H,2-4,6H2,1H3/t8-,10+,11+/m0/s1. The van der Waals surface area contributed by atoms with E-state index < -0.39 is 0 Å². The van der Waals surface area contributed by atoms with Gasteiger partial charge in [0.1, 0.15) is 0 Å². The van der Waals surface area contributed by atoms with Crippen LogP contribution in [-0.4, -0.2) is 11.2 Å². The lowest BCUT2D eigenvalue weighted by atomic mass is 9.67. The first-order valence-electron chi connectivity index (χ1n) is 4.96. The van der Waals surface area contributed by atoms with E-state index in [0.717, 1.165) is 31.3 Å². The summed E-state index contributed by atoms with van der Waals surface area (Å²) in [4.78, 5) is 0. The molecule has 0 aromatic heterocycles. The van der Waals surface area contributed by atoms with Crippen molar-refractivity contribution in [3.8, 4) is 6.07 Å². The van der Waals surface area contributed by atoms with Gasteiger partial charge in [0.05, 0.1) is 18.1 Å². The van der Waals surface area contributed by atoms with Crippen molar-refractivity contribution in [1.82, 2.24) is 0 Å². The van der Waals surface area contributed by atoms with Crippen LogP contribution in [0.25, 0.3) is 0 Å². The number of fused-ring (bicyclic) bond motifs is 1. The van der Waals surface area contributed by atoms with Gasteiger partial charge in [-0.2, -0.15) is 5.26 Å². The topological polar surface area (TPSA) is 44.0 Å². The number of nitrogens with zero attached hydrogens (tertiary/aromatic N) is 1. The Bertz CT molecular complexity index is 289. The molecule has 2 aliphatic carbocycles. The highest BCUT2D eigenvalue weighted by atomic mass is 16.3. The number of aliphatic hydroxyl groups is 1. The third kappa shape index (κ3) is 1.11. The monoisotopic (exact) mass is 177 g/mol. The fourth-order valence-corrected chi connectivity index (χ4v) is 2.79. The molecule has 70 valence electrons. The van der Waals surface area contributed by atoms with Crippen LogP contribution in [0.5, 0.6) is 0 Å². The molecule has 0 spiro atoms. The third-order valence-corrected chi connectivity index (χ3v) is 3.69. The fraction of sp³-hybridized carbons (Fsp3) is 0.727. The zero-order valence-corrected chi connectivity index (χ0v) is 7.95. The van der Waals surface area contributed by atoms with Crippen LogP contribution in [0.1, 0.15) is 32.6 Å². The van der Waals surface area contributed by atoms with Gasteiger partial charge in [0.25, 0.3) is 0 Å². The van der Waals surface area contributed by atoms with Crippen molar-refractivity contribution in [2.24, 2.45) is 11.3 Å². The van der Waals surface area contributed by atoms with Crippen molar-refractivity contribution in [3.63, 3.8) is 0 Å². The highest BCUT2D eigenvalue weighted by Gasteiger charge is 2.45. The van der Waals surface area contributed by atoms with Crippen LogP contribution in [-0.2, 0) is 0 Å². The van der Waals surface area contributed by atoms with Crippen molar-refractivity contribution >= 4 is 0 Å². The summed E-state index contributed by atoms with van der Waals surface area (Å²) >= 11 is 0. The lowest BCUT2D eigenvalue weighted by Gasteiger charge is -2.38. The summed E-state index contributed by atoms with van der Waals surface area (Å²) in [5, 5.41) is 18.8. The van der Waals surface area contributed by atoms with Gasteiger partial charge in [-0.15, -0.1) is 0 Å². The first-order chi connectivity index (χ1) is 6.18. The summed E-state index contributed by atoms with van der Waals surface area (Å²) < 4.78 is 0. The molecule has 2 rings (SSSR count). The van der Waals surface area contributed by atoms with E-state index in [2.05, 4.69) is 19.1 Å². The molecule has 13 heavy (non-hydrogen) atoms. The van der Waals surface area contributed by atoms with E-state index in [1.165, 1.54) is 0 Å². The summed E-state index contributed by atoms with van der Waals surface area (Å²) in [6.07, 6.45) is 5.62. The van der Waals surface area contributed by atoms with Crippen LogP contribution in [0.3, 0.4) is 0 Å². The Balaban J connectivity index is 2.32. The molecule has 2 nitrogen and oxygen atoms in total. The molecule has 0 heterocycles. The van der Waals surface area contributed by atoms with Gasteiger partial charge in [-0.3, -0.25) is 0 Å². The molecule has 0 aliphatic heterocycles. The Morgan fingerprint density at radius 1 is 1.69 bits per heavy atom. The molecule has 2 heteroatoms. The number of aliphatic hydroxyl groups excluding tert-OH is 1. The lowest BCUT2D eigenvalue weighted by molar-refractivity contribution is 0.117. The maximum absolute atomic E-state index is 9.78. The first-order valence-corrected chi connectivity index (χ1v) is 4.96. The molecule has 0 aromatic carbocycles. The molecule has 0 aromatic rings. The fourth-order valence-electron chi connectivity index (χ4n) is 2.79. The van der Waals surface area contributed by atoms with Crippen LogP contribution in [0.15, 0.2) is 11.6 Å². The second kappa shape index (κ2) is 2.85. The van der Waals surface area contributed by atoms with Crippen molar-refractivity contribution in [1.29, 1.82) is 5.26 Å². The average Bonchev–Trinajstić information content (AvgIpc) is 2.43. The van der Waals surface area contributed by atoms with E-state index in [1.807, 2.05) is 0 Å². The molecule has 0 radical (unpaired) electrons. The smallest absolute Gasteiger partial charge is 0.0755 e. The minimum absolute atomic E-state index is 0.0214. The second-order valence-electron chi connectivity index (χ2n) is 4.40. The summed E-state index contributed by atoms with van der Waals surface area (Å²) in [7, 11) is 0. The van der Waals surface area contributed by atoms with E-state index in [9.17, 15) is 5.11 Å². The minimum Gasteiger partial charge on any atom is -0.389 e. The van der Waals surface area contributed by atoms with Crippen LogP contribution < -0.4 is 0 Å². The van der Waals surface area contributed by atoms with Gasteiger partial charge >= 0.3 is 0 Å². The summed E-state index contributed by atoms with van der Waals surface area (Å²) in [6, 6.07) is 2.36. The summed E-state index contributed by atoms with van der Waals surface area (Å²) in [6.45, 7) is 2.13. The molecule has 1 fully saturated rings. The number of allylic oxidation sites excluding steroid dienone is 1. The number of rotatable bonds is 0. The molecule has 0 amide bonds. The molecule has 0 bridgehead atoms. The van der Waals surface area contributed by atoms with Crippen molar-refractivity contribution in [2.45, 2.75) is 38.7 Å². The number of hydrogen-bond acceptors (Lipinski definition) is 2. The highest BCUT2D eigenvalue weighted by Crippen LogP contribution is 2.51. The number of hydrogen-bond donors (Lipinski definition) is 1. The van der Waals surface area contributed by atoms with Gasteiger partial charge in [-0.05, 0) is 31.3 Å². The van der Waals surface area contributed by atoms with Crippen molar-refractivity contribution in [2.75, 3.05) is 0 Å². The third-order valence-electron chi connectivity index (χ3n) is 3.69. The summed E-state index contributed by atoms with van der Waals surface area (Å²) in [5.74, 6) is 0.0949. The molecule has 3 atom stereocenters. The van der Waals surface area contributed by atoms with Gasteiger partial charge in [-0.25, -0.2) is 0 Å². The molecule has 2 aliphatic rings. The normalized spacial score (nSPS) is 43.6. The molecular weight excluding hydrogens is 162 g/mol. The van der Waals surface area contributed by atoms with Gasteiger partial charge in [0.2, 0.25) is 0 Å². The molecule has 1 N–H and O–H groups in total. The predicted octanol–water partition coefficient (Wildman–Crippen LogP) is 2.01. The van der Waals surface area contributed by atoms with Crippen LogP contribution in [0.4, 0.5) is 0 Å². The Morgan fingerprint density at radius 3 is 3.15 bits per heavy atom. The molecule has 0 unspecified atom stereocenters. The van der Waals surface area contributed by atoms with Crippen LogP contribution >= 0.6 is 0 Å². The van der Waals surface area contributed by atoms with Gasteiger partial charge in [0.15, 0.2) is 0 Å². The zero-order valence-electron chi connectivity index (χ0n) is 7.95. The SMILES string of the molecule is C[C@]12CCC[C@@H](O)C1=CC[C@H]2C#N. The van der Waals surface area contributed by atoms with E-state index >= 15 is 0 Å². The van der Waals surface area contributed by atoms with Crippen molar-refractivity contribution in [3.05, 3.63) is 11.6 Å². The molecule has 1 saturated carbocycles. The van der Waals surface area contributed by atoms with Gasteiger partial charge in [0, 0.05) is 5.41 Å². The Kier molecular flexibility index (Phi) is 1.92. The van der Waals surface area contributed by atoms with E-state index in [-0.39, 0.29) is 17.4 Å². The first kappa shape index (κ1) is 8.77. The van der Waals surface area contributed by atoms with Gasteiger partial charge < -0.3 is 5.11 Å². The summed E-state index contributed by atoms with van der Waals surface area (Å²) in [5.41, 5.74) is 1.11. The predicted molar refractivity (Wildman–Crippen MR) is 49.8 cm³/mol. The zero-order chi connectivity index (χ0) is 9.47. The van der Waals surface area contributed by atoms with E-state index in [1.54, 1.807) is 0 Å². The van der Waals surface area contributed by atoms with Crippen molar-refractivity contribution < 1.29 is 5.11 Å².